The molecule has 0 radical (unpaired) electrons. The average Bonchev–Trinajstić information content (AvgIpc) is 2.67. The van der Waals surface area contributed by atoms with Gasteiger partial charge in [-0.05, 0) is 35.4 Å². The molecule has 1 fully saturated rings. The normalized spacial score (nSPS) is 27.1. The number of hydrogen-bond acceptors (Lipinski definition) is 8. The van der Waals surface area contributed by atoms with E-state index in [1.54, 1.807) is 36.4 Å². The number of ether oxygens (including phenoxy) is 2. The van der Waals surface area contributed by atoms with Crippen LogP contribution >= 0.6 is 0 Å². The van der Waals surface area contributed by atoms with Crippen molar-refractivity contribution in [2.75, 3.05) is 0 Å². The average molecular weight is 404 g/mol. The van der Waals surface area contributed by atoms with Gasteiger partial charge in [0.25, 0.3) is 0 Å². The predicted molar refractivity (Wildman–Crippen MR) is 100 cm³/mol. The van der Waals surface area contributed by atoms with Gasteiger partial charge in [-0.15, -0.1) is 0 Å². The lowest BCUT2D eigenvalue weighted by Crippen LogP contribution is -2.61. The van der Waals surface area contributed by atoms with E-state index in [9.17, 15) is 30.3 Å². The number of aliphatic carboxylic acids is 1. The summed E-state index contributed by atoms with van der Waals surface area (Å²) in [4.78, 5) is 11.1. The maximum atomic E-state index is 11.1. The third-order valence-electron chi connectivity index (χ3n) is 4.34. The lowest BCUT2D eigenvalue weighted by atomic mass is 9.99. The molecule has 3 rings (SSSR count). The minimum atomic E-state index is -1.79. The molecule has 1 heterocycles. The van der Waals surface area contributed by atoms with Crippen molar-refractivity contribution in [2.24, 2.45) is 0 Å². The summed E-state index contributed by atoms with van der Waals surface area (Å²) in [6.07, 6.45) is -4.98. The Bertz CT molecular complexity index is 873. The molecule has 2 aromatic rings. The highest BCUT2D eigenvalue weighted by Crippen LogP contribution is 2.26. The maximum absolute atomic E-state index is 11.1. The van der Waals surface area contributed by atoms with E-state index in [-0.39, 0.29) is 17.2 Å². The summed E-state index contributed by atoms with van der Waals surface area (Å²) in [6, 6.07) is 10.6. The van der Waals surface area contributed by atoms with E-state index < -0.39 is 36.7 Å². The van der Waals surface area contributed by atoms with Crippen LogP contribution in [0.4, 0.5) is 0 Å². The van der Waals surface area contributed by atoms with Crippen LogP contribution in [0.25, 0.3) is 12.2 Å². The summed E-state index contributed by atoms with van der Waals surface area (Å²) in [6.45, 7) is 0. The van der Waals surface area contributed by atoms with Crippen molar-refractivity contribution in [3.8, 4) is 17.2 Å². The van der Waals surface area contributed by atoms with Gasteiger partial charge in [-0.3, -0.25) is 0 Å². The molecular weight excluding hydrogens is 384 g/mol. The number of aliphatic hydroxyl groups excluding tert-OH is 3. The molecule has 1 aliphatic heterocycles. The largest absolute Gasteiger partial charge is 0.508 e. The lowest BCUT2D eigenvalue weighted by molar-refractivity contribution is -0.271. The molecular formula is C20H20O9. The minimum Gasteiger partial charge on any atom is -0.508 e. The van der Waals surface area contributed by atoms with E-state index in [0.717, 1.165) is 5.56 Å². The van der Waals surface area contributed by atoms with Gasteiger partial charge in [0.2, 0.25) is 6.29 Å². The molecule has 9 heteroatoms. The van der Waals surface area contributed by atoms with Crippen LogP contribution in [0.3, 0.4) is 0 Å². The Balaban J connectivity index is 1.68. The minimum absolute atomic E-state index is 0.0635. The fourth-order valence-corrected chi connectivity index (χ4v) is 2.85. The van der Waals surface area contributed by atoms with Crippen LogP contribution in [0.15, 0.2) is 42.5 Å². The number of rotatable bonds is 5. The van der Waals surface area contributed by atoms with E-state index in [2.05, 4.69) is 0 Å². The highest BCUT2D eigenvalue weighted by Gasteiger charge is 2.48. The SMILES string of the molecule is O=C(O)[C@@H]1O[C@H](Oc2ccc(/C=C/c3cc(O)cc(O)c3)cc2)[C@@H](O)[C@H](O)[C@@H]1O. The second-order valence-corrected chi connectivity index (χ2v) is 6.54. The molecule has 0 spiro atoms. The van der Waals surface area contributed by atoms with Gasteiger partial charge >= 0.3 is 5.97 Å². The molecule has 0 amide bonds. The summed E-state index contributed by atoms with van der Waals surface area (Å²) in [5.74, 6) is -1.37. The first-order valence-electron chi connectivity index (χ1n) is 8.65. The van der Waals surface area contributed by atoms with Crippen molar-refractivity contribution in [2.45, 2.75) is 30.7 Å². The van der Waals surface area contributed by atoms with Gasteiger partial charge in [-0.1, -0.05) is 24.3 Å². The van der Waals surface area contributed by atoms with Crippen molar-refractivity contribution >= 4 is 18.1 Å². The molecule has 1 aliphatic rings. The van der Waals surface area contributed by atoms with Crippen LogP contribution in [-0.2, 0) is 9.53 Å². The van der Waals surface area contributed by atoms with Gasteiger partial charge in [0.15, 0.2) is 6.10 Å². The third kappa shape index (κ3) is 4.84. The number of phenolic OH excluding ortho intramolecular Hbond substituents is 2. The molecule has 29 heavy (non-hydrogen) atoms. The molecule has 0 bridgehead atoms. The smallest absolute Gasteiger partial charge is 0.335 e. The lowest BCUT2D eigenvalue weighted by Gasteiger charge is -2.38. The zero-order valence-electron chi connectivity index (χ0n) is 15.0. The second kappa shape index (κ2) is 8.50. The van der Waals surface area contributed by atoms with Crippen molar-refractivity contribution in [3.63, 3.8) is 0 Å². The highest BCUT2D eigenvalue weighted by atomic mass is 16.7. The molecule has 0 saturated carbocycles. The van der Waals surface area contributed by atoms with Gasteiger partial charge in [-0.25, -0.2) is 4.79 Å². The zero-order valence-corrected chi connectivity index (χ0v) is 15.0. The van der Waals surface area contributed by atoms with Gasteiger partial charge in [0.1, 0.15) is 35.6 Å². The molecule has 6 N–H and O–H groups in total. The van der Waals surface area contributed by atoms with Crippen LogP contribution < -0.4 is 4.74 Å². The van der Waals surface area contributed by atoms with Crippen molar-refractivity contribution in [1.29, 1.82) is 0 Å². The topological polar surface area (TPSA) is 157 Å². The molecule has 5 atom stereocenters. The number of carboxylic acid groups (broad SMARTS) is 1. The van der Waals surface area contributed by atoms with Gasteiger partial charge in [-0.2, -0.15) is 0 Å². The van der Waals surface area contributed by atoms with Crippen LogP contribution in [-0.4, -0.2) is 67.3 Å². The first-order chi connectivity index (χ1) is 13.7. The Hall–Kier alpha value is -3.11. The Labute approximate surface area is 165 Å². The van der Waals surface area contributed by atoms with Gasteiger partial charge < -0.3 is 40.1 Å². The van der Waals surface area contributed by atoms with Crippen molar-refractivity contribution in [1.82, 2.24) is 0 Å². The van der Waals surface area contributed by atoms with E-state index in [0.29, 0.717) is 5.56 Å². The zero-order chi connectivity index (χ0) is 21.1. The molecule has 1 saturated heterocycles. The molecule has 154 valence electrons. The van der Waals surface area contributed by atoms with Crippen LogP contribution in [0.2, 0.25) is 0 Å². The fourth-order valence-electron chi connectivity index (χ4n) is 2.85. The number of carbonyl (C=O) groups is 1. The maximum Gasteiger partial charge on any atom is 0.335 e. The van der Waals surface area contributed by atoms with Crippen molar-refractivity contribution in [3.05, 3.63) is 53.6 Å². The molecule has 0 unspecified atom stereocenters. The summed E-state index contributed by atoms with van der Waals surface area (Å²) in [7, 11) is 0. The van der Waals surface area contributed by atoms with Crippen molar-refractivity contribution < 1.29 is 44.9 Å². The number of aliphatic hydroxyl groups is 3. The Morgan fingerprint density at radius 3 is 2.03 bits per heavy atom. The number of phenols is 2. The Morgan fingerprint density at radius 2 is 1.45 bits per heavy atom. The number of hydrogen-bond donors (Lipinski definition) is 6. The first-order valence-corrected chi connectivity index (χ1v) is 8.65. The summed E-state index contributed by atoms with van der Waals surface area (Å²) in [5.41, 5.74) is 1.35. The first kappa shape index (κ1) is 20.6. The van der Waals surface area contributed by atoms with E-state index in [4.69, 9.17) is 14.6 Å². The molecule has 2 aromatic carbocycles. The summed E-state index contributed by atoms with van der Waals surface area (Å²) >= 11 is 0. The number of aromatic hydroxyl groups is 2. The Morgan fingerprint density at radius 1 is 0.862 bits per heavy atom. The van der Waals surface area contributed by atoms with E-state index in [1.165, 1.54) is 18.2 Å². The van der Waals surface area contributed by atoms with Crippen LogP contribution in [0.5, 0.6) is 17.2 Å². The third-order valence-corrected chi connectivity index (χ3v) is 4.34. The van der Waals surface area contributed by atoms with Gasteiger partial charge in [0.05, 0.1) is 0 Å². The highest BCUT2D eigenvalue weighted by molar-refractivity contribution is 5.73. The molecule has 9 nitrogen and oxygen atoms in total. The molecule has 0 aromatic heterocycles. The standard InChI is InChI=1S/C20H20O9/c21-12-7-11(8-13(22)9-12)2-1-10-3-5-14(6-4-10)28-20-17(25)15(23)16(24)18(29-20)19(26)27/h1-9,15-18,20-25H,(H,26,27)/b2-1+/t15-,16+,17+,18-,20+/m1/s1. The molecule has 0 aliphatic carbocycles. The predicted octanol–water partition coefficient (Wildman–Crippen LogP) is 0.539. The summed E-state index contributed by atoms with van der Waals surface area (Å²) in [5, 5.41) is 57.5. The monoisotopic (exact) mass is 404 g/mol. The number of benzene rings is 2. The fraction of sp³-hybridized carbons (Fsp3) is 0.250. The number of carboxylic acids is 1. The van der Waals surface area contributed by atoms with E-state index >= 15 is 0 Å². The van der Waals surface area contributed by atoms with E-state index in [1.807, 2.05) is 0 Å². The quantitative estimate of drug-likeness (QED) is 0.391. The van der Waals surface area contributed by atoms with Gasteiger partial charge in [0, 0.05) is 6.07 Å². The summed E-state index contributed by atoms with van der Waals surface area (Å²) < 4.78 is 10.5. The Kier molecular flexibility index (Phi) is 6.04. The van der Waals surface area contributed by atoms with Crippen LogP contribution in [0.1, 0.15) is 11.1 Å². The van der Waals surface area contributed by atoms with Crippen LogP contribution in [0, 0.1) is 0 Å². The second-order valence-electron chi connectivity index (χ2n) is 6.54.